The number of aromatic nitrogens is 1. The number of rotatable bonds is 9. The first-order valence-corrected chi connectivity index (χ1v) is 11.7. The molecule has 6 nitrogen and oxygen atoms in total. The van der Waals surface area contributed by atoms with Crippen molar-refractivity contribution in [1.82, 2.24) is 9.99 Å². The normalized spacial score (nSPS) is 10.9. The molecule has 0 aliphatic heterocycles. The molecule has 0 fully saturated rings. The summed E-state index contributed by atoms with van der Waals surface area (Å²) in [5.41, 5.74) is 5.54. The van der Waals surface area contributed by atoms with Crippen molar-refractivity contribution in [3.8, 4) is 17.2 Å². The maximum atomic E-state index is 13.1. The first-order chi connectivity index (χ1) is 17.0. The highest BCUT2D eigenvalue weighted by atomic mass is 79.9. The van der Waals surface area contributed by atoms with Gasteiger partial charge in [-0.25, -0.2) is 9.82 Å². The highest BCUT2D eigenvalue weighted by molar-refractivity contribution is 9.10. The topological polar surface area (TPSA) is 64.8 Å². The van der Waals surface area contributed by atoms with Gasteiger partial charge in [-0.15, -0.1) is 0 Å². The molecule has 0 bridgehead atoms. The van der Waals surface area contributed by atoms with Crippen LogP contribution < -0.4 is 14.9 Å². The number of hydrogen-bond acceptors (Lipinski definition) is 4. The Morgan fingerprint density at radius 2 is 1.77 bits per heavy atom. The third-order valence-electron chi connectivity index (χ3n) is 5.04. The molecule has 0 saturated heterocycles. The van der Waals surface area contributed by atoms with Crippen molar-refractivity contribution in [3.63, 3.8) is 0 Å². The number of ether oxygens (including phenoxy) is 2. The van der Waals surface area contributed by atoms with E-state index in [1.54, 1.807) is 30.3 Å². The smallest absolute Gasteiger partial charge is 0.271 e. The van der Waals surface area contributed by atoms with Crippen LogP contribution in [0.2, 0.25) is 0 Å². The first kappa shape index (κ1) is 24.2. The Morgan fingerprint density at radius 3 is 2.46 bits per heavy atom. The van der Waals surface area contributed by atoms with Gasteiger partial charge in [0.2, 0.25) is 0 Å². The van der Waals surface area contributed by atoms with Crippen molar-refractivity contribution in [2.24, 2.45) is 5.10 Å². The third-order valence-corrected chi connectivity index (χ3v) is 5.63. The van der Waals surface area contributed by atoms with Crippen molar-refractivity contribution in [2.45, 2.75) is 13.5 Å². The molecule has 0 unspecified atom stereocenters. The Hall–Kier alpha value is -3.91. The number of nitrogens with one attached hydrogen (secondary N) is 1. The van der Waals surface area contributed by atoms with E-state index in [2.05, 4.69) is 26.5 Å². The van der Waals surface area contributed by atoms with E-state index in [4.69, 9.17) is 9.47 Å². The van der Waals surface area contributed by atoms with Crippen LogP contribution in [-0.2, 0) is 6.61 Å². The van der Waals surface area contributed by atoms with Crippen LogP contribution in [0.5, 0.6) is 11.5 Å². The second-order valence-electron chi connectivity index (χ2n) is 7.51. The van der Waals surface area contributed by atoms with E-state index in [0.717, 1.165) is 11.3 Å². The fraction of sp³-hybridized carbons (Fsp3) is 0.111. The fourth-order valence-electron chi connectivity index (χ4n) is 3.32. The molecule has 1 aromatic heterocycles. The van der Waals surface area contributed by atoms with Crippen LogP contribution in [0.4, 0.5) is 4.39 Å². The van der Waals surface area contributed by atoms with Gasteiger partial charge in [-0.05, 0) is 94.6 Å². The molecular weight excluding hydrogens is 513 g/mol. The lowest BCUT2D eigenvalue weighted by atomic mass is 10.2. The summed E-state index contributed by atoms with van der Waals surface area (Å²) in [4.78, 5) is 12.5. The number of hydrogen-bond donors (Lipinski definition) is 1. The van der Waals surface area contributed by atoms with Crippen molar-refractivity contribution < 1.29 is 18.7 Å². The average Bonchev–Trinajstić information content (AvgIpc) is 3.40. The molecule has 0 spiro atoms. The Morgan fingerprint density at radius 1 is 1.06 bits per heavy atom. The summed E-state index contributed by atoms with van der Waals surface area (Å²) in [6.07, 6.45) is 5.41. The molecule has 4 aromatic rings. The van der Waals surface area contributed by atoms with Gasteiger partial charge in [0.1, 0.15) is 12.4 Å². The molecule has 0 aliphatic rings. The van der Waals surface area contributed by atoms with Crippen LogP contribution in [0.1, 0.15) is 28.4 Å². The summed E-state index contributed by atoms with van der Waals surface area (Å²) < 4.78 is 27.4. The summed E-state index contributed by atoms with van der Waals surface area (Å²) in [5.74, 6) is 0.441. The molecule has 1 amide bonds. The quantitative estimate of drug-likeness (QED) is 0.207. The molecule has 8 heteroatoms. The second-order valence-corrected chi connectivity index (χ2v) is 8.37. The zero-order valence-corrected chi connectivity index (χ0v) is 20.5. The summed E-state index contributed by atoms with van der Waals surface area (Å²) in [5, 5.41) is 4.08. The van der Waals surface area contributed by atoms with Crippen molar-refractivity contribution in [3.05, 3.63) is 112 Å². The average molecular weight is 536 g/mol. The van der Waals surface area contributed by atoms with E-state index >= 15 is 0 Å². The maximum Gasteiger partial charge on any atom is 0.271 e. The largest absolute Gasteiger partial charge is 0.490 e. The van der Waals surface area contributed by atoms with E-state index in [9.17, 15) is 9.18 Å². The van der Waals surface area contributed by atoms with Crippen LogP contribution >= 0.6 is 15.9 Å². The van der Waals surface area contributed by atoms with Gasteiger partial charge in [0.15, 0.2) is 11.5 Å². The maximum absolute atomic E-state index is 13.1. The molecule has 0 radical (unpaired) electrons. The molecule has 1 heterocycles. The van der Waals surface area contributed by atoms with Gasteiger partial charge in [0, 0.05) is 23.6 Å². The van der Waals surface area contributed by atoms with Crippen LogP contribution in [-0.4, -0.2) is 23.3 Å². The molecule has 1 N–H and O–H groups in total. The lowest BCUT2D eigenvalue weighted by Crippen LogP contribution is -2.17. The van der Waals surface area contributed by atoms with Gasteiger partial charge in [0.05, 0.1) is 17.3 Å². The molecule has 0 saturated carbocycles. The molecule has 178 valence electrons. The van der Waals surface area contributed by atoms with Crippen LogP contribution in [0, 0.1) is 5.82 Å². The first-order valence-electron chi connectivity index (χ1n) is 10.9. The SMILES string of the molecule is CCOc1cc(C=NNC(=O)c2ccc(-n3cccc3)cc2)cc(Br)c1OCc1ccc(F)cc1. The van der Waals surface area contributed by atoms with Crippen LogP contribution in [0.3, 0.4) is 0 Å². The second kappa shape index (κ2) is 11.5. The molecule has 0 aliphatic carbocycles. The summed E-state index contributed by atoms with van der Waals surface area (Å²) >= 11 is 3.52. The Bertz CT molecular complexity index is 1310. The summed E-state index contributed by atoms with van der Waals surface area (Å²) in [6, 6.07) is 20.8. The van der Waals surface area contributed by atoms with Gasteiger partial charge in [-0.1, -0.05) is 12.1 Å². The van der Waals surface area contributed by atoms with Crippen molar-refractivity contribution in [1.29, 1.82) is 0 Å². The number of carbonyl (C=O) groups is 1. The predicted molar refractivity (Wildman–Crippen MR) is 137 cm³/mol. The minimum Gasteiger partial charge on any atom is -0.490 e. The zero-order chi connectivity index (χ0) is 24.6. The molecular formula is C27H23BrFN3O3. The van der Waals surface area contributed by atoms with E-state index in [-0.39, 0.29) is 18.3 Å². The number of benzene rings is 3. The molecule has 35 heavy (non-hydrogen) atoms. The Labute approximate surface area is 211 Å². The lowest BCUT2D eigenvalue weighted by Gasteiger charge is -2.14. The van der Waals surface area contributed by atoms with Crippen molar-refractivity contribution >= 4 is 28.1 Å². The molecule has 3 aromatic carbocycles. The minimum atomic E-state index is -0.316. The van der Waals surface area contributed by atoms with Gasteiger partial charge >= 0.3 is 0 Å². The highest BCUT2D eigenvalue weighted by Crippen LogP contribution is 2.37. The monoisotopic (exact) mass is 535 g/mol. The highest BCUT2D eigenvalue weighted by Gasteiger charge is 2.13. The van der Waals surface area contributed by atoms with Crippen LogP contribution in [0.15, 0.2) is 94.8 Å². The van der Waals surface area contributed by atoms with E-state index in [1.807, 2.05) is 54.2 Å². The van der Waals surface area contributed by atoms with E-state index in [1.165, 1.54) is 18.3 Å². The van der Waals surface area contributed by atoms with Gasteiger partial charge < -0.3 is 14.0 Å². The standard InChI is InChI=1S/C27H23BrFN3O3/c1-2-34-25-16-20(15-24(28)26(25)35-18-19-5-9-22(29)10-6-19)17-30-31-27(33)21-7-11-23(12-8-21)32-13-3-4-14-32/h3-17H,2,18H2,1H3,(H,31,33). The fourth-order valence-corrected chi connectivity index (χ4v) is 3.90. The van der Waals surface area contributed by atoms with E-state index < -0.39 is 0 Å². The Balaban J connectivity index is 1.42. The van der Waals surface area contributed by atoms with Crippen molar-refractivity contribution in [2.75, 3.05) is 6.61 Å². The van der Waals surface area contributed by atoms with Gasteiger partial charge in [-0.3, -0.25) is 4.79 Å². The summed E-state index contributed by atoms with van der Waals surface area (Å²) in [7, 11) is 0. The number of carbonyl (C=O) groups excluding carboxylic acids is 1. The number of nitrogens with zero attached hydrogens (tertiary/aromatic N) is 2. The Kier molecular flexibility index (Phi) is 7.95. The van der Waals surface area contributed by atoms with Gasteiger partial charge in [-0.2, -0.15) is 5.10 Å². The number of halogens is 2. The van der Waals surface area contributed by atoms with E-state index in [0.29, 0.717) is 33.7 Å². The summed E-state index contributed by atoms with van der Waals surface area (Å²) in [6.45, 7) is 2.57. The van der Waals surface area contributed by atoms with Gasteiger partial charge in [0.25, 0.3) is 5.91 Å². The third kappa shape index (κ3) is 6.36. The predicted octanol–water partition coefficient (Wildman–Crippen LogP) is 6.12. The minimum absolute atomic E-state index is 0.256. The molecule has 0 atom stereocenters. The zero-order valence-electron chi connectivity index (χ0n) is 18.9. The van der Waals surface area contributed by atoms with Crippen LogP contribution in [0.25, 0.3) is 5.69 Å². The number of amides is 1. The number of hydrazone groups is 1. The lowest BCUT2D eigenvalue weighted by molar-refractivity contribution is 0.0955. The molecule has 4 rings (SSSR count).